The fourth-order valence-corrected chi connectivity index (χ4v) is 3.84. The summed E-state index contributed by atoms with van der Waals surface area (Å²) in [4.78, 5) is 25.0. The Bertz CT molecular complexity index is 1640. The number of carbonyl (C=O) groups is 1. The Morgan fingerprint density at radius 2 is 1.91 bits per heavy atom. The van der Waals surface area contributed by atoms with Crippen molar-refractivity contribution in [2.45, 2.75) is 6.42 Å². The third-order valence-electron chi connectivity index (χ3n) is 5.52. The number of nitrogens with one attached hydrogen (secondary N) is 3. The maximum Gasteiger partial charge on any atom is 0.185 e. The van der Waals surface area contributed by atoms with E-state index >= 15 is 0 Å². The van der Waals surface area contributed by atoms with E-state index in [2.05, 4.69) is 40.7 Å². The molecule has 0 saturated heterocycles. The molecule has 164 valence electrons. The highest BCUT2D eigenvalue weighted by atomic mass is 16.1. The largest absolute Gasteiger partial charge is 0.352 e. The molecule has 0 fully saturated rings. The molecule has 9 heteroatoms. The number of ketones is 1. The van der Waals surface area contributed by atoms with Gasteiger partial charge in [0.25, 0.3) is 0 Å². The van der Waals surface area contributed by atoms with Crippen LogP contribution in [0.4, 0.5) is 11.5 Å². The Kier molecular flexibility index (Phi) is 4.77. The lowest BCUT2D eigenvalue weighted by molar-refractivity contribution is 0.0987. The van der Waals surface area contributed by atoms with Gasteiger partial charge in [-0.05, 0) is 48.5 Å². The summed E-state index contributed by atoms with van der Waals surface area (Å²) in [6, 6.07) is 19.0. The van der Waals surface area contributed by atoms with Gasteiger partial charge >= 0.3 is 0 Å². The molecule has 9 nitrogen and oxygen atoms in total. The molecule has 34 heavy (non-hydrogen) atoms. The molecule has 0 aliphatic carbocycles. The first-order chi connectivity index (χ1) is 16.7. The van der Waals surface area contributed by atoms with Crippen LogP contribution >= 0.6 is 0 Å². The number of fused-ring (bicyclic) bond motifs is 2. The van der Waals surface area contributed by atoms with Gasteiger partial charge in [-0.1, -0.05) is 12.1 Å². The molecular formula is C25H18N8O. The zero-order chi connectivity index (χ0) is 22.9. The minimum Gasteiger partial charge on any atom is -0.352 e. The number of Topliss-reactive ketones (excluding diaryl/α,β-unsaturated/α-hetero) is 1. The first-order valence-corrected chi connectivity index (χ1v) is 10.7. The number of anilines is 2. The summed E-state index contributed by atoms with van der Waals surface area (Å²) in [5.74, 6) is 1.22. The SMILES string of the molecule is O=C(Cc1cccnn1)c1cc2ccc(-c3nccc(Nc4ccc5[nH]ncc5c4)n3)cc2[nH]1. The van der Waals surface area contributed by atoms with Gasteiger partial charge in [-0.3, -0.25) is 9.89 Å². The van der Waals surface area contributed by atoms with E-state index in [0.29, 0.717) is 23.0 Å². The molecule has 3 N–H and O–H groups in total. The molecule has 0 aliphatic rings. The van der Waals surface area contributed by atoms with Crippen molar-refractivity contribution < 1.29 is 4.79 Å². The number of carbonyl (C=O) groups excluding carboxylic acids is 1. The molecule has 0 amide bonds. The van der Waals surface area contributed by atoms with E-state index in [-0.39, 0.29) is 12.2 Å². The minimum absolute atomic E-state index is 0.0460. The molecular weight excluding hydrogens is 428 g/mol. The molecule has 0 unspecified atom stereocenters. The fourth-order valence-electron chi connectivity index (χ4n) is 3.84. The number of benzene rings is 2. The zero-order valence-corrected chi connectivity index (χ0v) is 17.9. The molecule has 0 radical (unpaired) electrons. The quantitative estimate of drug-likeness (QED) is 0.323. The maximum atomic E-state index is 12.7. The lowest BCUT2D eigenvalue weighted by atomic mass is 10.1. The summed E-state index contributed by atoms with van der Waals surface area (Å²) in [5.41, 5.74) is 4.73. The van der Waals surface area contributed by atoms with E-state index in [4.69, 9.17) is 0 Å². The van der Waals surface area contributed by atoms with Gasteiger partial charge in [0.2, 0.25) is 0 Å². The van der Waals surface area contributed by atoms with Crippen molar-refractivity contribution in [3.8, 4) is 11.4 Å². The highest BCUT2D eigenvalue weighted by molar-refractivity contribution is 6.00. The van der Waals surface area contributed by atoms with Crippen molar-refractivity contribution in [1.29, 1.82) is 0 Å². The Labute approximate surface area is 193 Å². The Morgan fingerprint density at radius 3 is 2.82 bits per heavy atom. The molecule has 4 aromatic heterocycles. The van der Waals surface area contributed by atoms with Gasteiger partial charge in [-0.2, -0.15) is 15.3 Å². The maximum absolute atomic E-state index is 12.7. The predicted molar refractivity (Wildman–Crippen MR) is 129 cm³/mol. The van der Waals surface area contributed by atoms with E-state index in [9.17, 15) is 4.79 Å². The number of nitrogens with zero attached hydrogens (tertiary/aromatic N) is 5. The Morgan fingerprint density at radius 1 is 0.941 bits per heavy atom. The highest BCUT2D eigenvalue weighted by Crippen LogP contribution is 2.25. The molecule has 2 aromatic carbocycles. The Hall–Kier alpha value is -4.92. The topological polar surface area (TPSA) is 125 Å². The standard InChI is InChI=1S/C25H18N8O/c34-23(13-19-2-1-8-27-32-19)22-11-15-3-4-16(12-21(15)30-22)25-26-9-7-24(31-25)29-18-5-6-20-17(10-18)14-28-33-20/h1-12,14,30H,13H2,(H,28,33)(H,26,29,31). The van der Waals surface area contributed by atoms with Crippen LogP contribution in [0.1, 0.15) is 16.2 Å². The first kappa shape index (κ1) is 19.7. The third-order valence-corrected chi connectivity index (χ3v) is 5.52. The van der Waals surface area contributed by atoms with Crippen LogP contribution in [-0.4, -0.2) is 41.1 Å². The lowest BCUT2D eigenvalue weighted by Gasteiger charge is -2.07. The number of rotatable bonds is 6. The van der Waals surface area contributed by atoms with Crippen LogP contribution in [-0.2, 0) is 6.42 Å². The van der Waals surface area contributed by atoms with E-state index in [1.807, 2.05) is 48.5 Å². The second kappa shape index (κ2) is 8.21. The number of aromatic nitrogens is 7. The van der Waals surface area contributed by atoms with Crippen LogP contribution in [0.3, 0.4) is 0 Å². The minimum atomic E-state index is -0.0460. The summed E-state index contributed by atoms with van der Waals surface area (Å²) >= 11 is 0. The van der Waals surface area contributed by atoms with E-state index < -0.39 is 0 Å². The third kappa shape index (κ3) is 3.86. The van der Waals surface area contributed by atoms with E-state index in [1.165, 1.54) is 0 Å². The second-order valence-electron chi connectivity index (χ2n) is 7.86. The van der Waals surface area contributed by atoms with Crippen molar-refractivity contribution in [3.05, 3.63) is 90.6 Å². The zero-order valence-electron chi connectivity index (χ0n) is 17.9. The van der Waals surface area contributed by atoms with Gasteiger partial charge in [-0.25, -0.2) is 9.97 Å². The summed E-state index contributed by atoms with van der Waals surface area (Å²) in [6.07, 6.45) is 5.28. The number of aromatic amines is 2. The molecule has 0 bridgehead atoms. The molecule has 0 aliphatic heterocycles. The number of hydrogen-bond donors (Lipinski definition) is 3. The Balaban J connectivity index is 1.25. The van der Waals surface area contributed by atoms with Crippen LogP contribution in [0.15, 0.2) is 79.3 Å². The first-order valence-electron chi connectivity index (χ1n) is 10.7. The average molecular weight is 446 g/mol. The number of H-pyrrole nitrogens is 2. The van der Waals surface area contributed by atoms with E-state index in [1.54, 1.807) is 30.7 Å². The van der Waals surface area contributed by atoms with Crippen molar-refractivity contribution >= 4 is 39.1 Å². The smallest absolute Gasteiger partial charge is 0.185 e. The van der Waals surface area contributed by atoms with Crippen molar-refractivity contribution in [2.75, 3.05) is 5.32 Å². The van der Waals surface area contributed by atoms with Crippen LogP contribution in [0.25, 0.3) is 33.2 Å². The normalized spacial score (nSPS) is 11.2. The van der Waals surface area contributed by atoms with Gasteiger partial charge in [0.05, 0.1) is 29.5 Å². The molecule has 6 aromatic rings. The molecule has 0 spiro atoms. The van der Waals surface area contributed by atoms with Gasteiger partial charge in [0.1, 0.15) is 5.82 Å². The number of hydrogen-bond acceptors (Lipinski definition) is 7. The summed E-state index contributed by atoms with van der Waals surface area (Å²) in [5, 5.41) is 20.1. The van der Waals surface area contributed by atoms with Crippen molar-refractivity contribution in [1.82, 2.24) is 35.3 Å². The monoisotopic (exact) mass is 446 g/mol. The van der Waals surface area contributed by atoms with Crippen LogP contribution in [0.2, 0.25) is 0 Å². The van der Waals surface area contributed by atoms with Crippen molar-refractivity contribution in [3.63, 3.8) is 0 Å². The lowest BCUT2D eigenvalue weighted by Crippen LogP contribution is -2.05. The van der Waals surface area contributed by atoms with Crippen LogP contribution in [0.5, 0.6) is 0 Å². The van der Waals surface area contributed by atoms with Crippen LogP contribution in [0, 0.1) is 0 Å². The highest BCUT2D eigenvalue weighted by Gasteiger charge is 2.13. The van der Waals surface area contributed by atoms with Gasteiger partial charge in [0.15, 0.2) is 11.6 Å². The van der Waals surface area contributed by atoms with Gasteiger partial charge < -0.3 is 10.3 Å². The molecule has 6 rings (SSSR count). The van der Waals surface area contributed by atoms with Gasteiger partial charge in [-0.15, -0.1) is 0 Å². The molecule has 0 atom stereocenters. The summed E-state index contributed by atoms with van der Waals surface area (Å²) in [6.45, 7) is 0. The summed E-state index contributed by atoms with van der Waals surface area (Å²) in [7, 11) is 0. The van der Waals surface area contributed by atoms with Crippen LogP contribution < -0.4 is 5.32 Å². The molecule has 4 heterocycles. The second-order valence-corrected chi connectivity index (χ2v) is 7.86. The average Bonchev–Trinajstić information content (AvgIpc) is 3.51. The summed E-state index contributed by atoms with van der Waals surface area (Å²) < 4.78 is 0. The van der Waals surface area contributed by atoms with Crippen molar-refractivity contribution in [2.24, 2.45) is 0 Å². The fraction of sp³-hybridized carbons (Fsp3) is 0.0400. The van der Waals surface area contributed by atoms with E-state index in [0.717, 1.165) is 33.1 Å². The van der Waals surface area contributed by atoms with Gasteiger partial charge in [0, 0.05) is 39.9 Å². The predicted octanol–water partition coefficient (Wildman–Crippen LogP) is 4.46. The molecule has 0 saturated carbocycles.